The second kappa shape index (κ2) is 7.16. The molecule has 0 spiro atoms. The van der Waals surface area contributed by atoms with E-state index in [0.717, 1.165) is 6.07 Å². The third-order valence-corrected chi connectivity index (χ3v) is 7.06. The van der Waals surface area contributed by atoms with Gasteiger partial charge in [-0.2, -0.15) is 9.65 Å². The Balaban J connectivity index is 1.72. The van der Waals surface area contributed by atoms with E-state index in [1.54, 1.807) is 24.5 Å². The topological polar surface area (TPSA) is 126 Å². The van der Waals surface area contributed by atoms with Crippen molar-refractivity contribution in [2.75, 3.05) is 18.5 Å². The molecule has 158 valence electrons. The molecule has 2 N–H and O–H groups in total. The van der Waals surface area contributed by atoms with Crippen molar-refractivity contribution >= 4 is 21.6 Å². The number of carbonyl (C=O) groups is 1. The summed E-state index contributed by atoms with van der Waals surface area (Å²) in [6.45, 7) is 4.41. The van der Waals surface area contributed by atoms with E-state index in [1.165, 1.54) is 6.07 Å². The molecule has 4 rings (SSSR count). The van der Waals surface area contributed by atoms with Crippen LogP contribution in [-0.2, 0) is 27.7 Å². The lowest BCUT2D eigenvalue weighted by atomic mass is 10.0. The summed E-state index contributed by atoms with van der Waals surface area (Å²) in [6.07, 6.45) is 1.24. The van der Waals surface area contributed by atoms with E-state index in [1.807, 2.05) is 0 Å². The first-order valence-electron chi connectivity index (χ1n) is 9.36. The first-order valence-corrected chi connectivity index (χ1v) is 10.8. The fourth-order valence-electron chi connectivity index (χ4n) is 3.99. The van der Waals surface area contributed by atoms with Crippen LogP contribution in [0.1, 0.15) is 40.8 Å². The number of fused-ring (bicyclic) bond motifs is 1. The molecule has 0 atom stereocenters. The molecule has 1 fully saturated rings. The van der Waals surface area contributed by atoms with Crippen molar-refractivity contribution < 1.29 is 22.3 Å². The Labute approximate surface area is 172 Å². The van der Waals surface area contributed by atoms with Crippen LogP contribution in [0.15, 0.2) is 17.0 Å². The molecule has 1 amide bonds. The van der Waals surface area contributed by atoms with E-state index in [2.05, 4.69) is 15.0 Å². The monoisotopic (exact) mass is 433 g/mol. The van der Waals surface area contributed by atoms with Gasteiger partial charge in [0.25, 0.3) is 5.91 Å². The number of hydrogen-bond donors (Lipinski definition) is 2. The minimum Gasteiger partial charge on any atom is -0.377 e. The molecule has 2 aliphatic heterocycles. The zero-order chi connectivity index (χ0) is 21.7. The molecule has 11 heteroatoms. The van der Waals surface area contributed by atoms with Crippen LogP contribution < -0.4 is 10.0 Å². The minimum atomic E-state index is -3.88. The summed E-state index contributed by atoms with van der Waals surface area (Å²) < 4.78 is 49.4. The van der Waals surface area contributed by atoms with E-state index < -0.39 is 27.4 Å². The van der Waals surface area contributed by atoms with E-state index >= 15 is 0 Å². The molecule has 30 heavy (non-hydrogen) atoms. The number of anilines is 1. The Morgan fingerprint density at radius 2 is 2.13 bits per heavy atom. The average molecular weight is 433 g/mol. The van der Waals surface area contributed by atoms with Crippen LogP contribution in [0.25, 0.3) is 0 Å². The maximum Gasteiger partial charge on any atom is 0.272 e. The van der Waals surface area contributed by atoms with Gasteiger partial charge in [-0.15, -0.1) is 0 Å². The largest absolute Gasteiger partial charge is 0.377 e. The minimum absolute atomic E-state index is 0.0682. The van der Waals surface area contributed by atoms with E-state index in [0.29, 0.717) is 30.6 Å². The van der Waals surface area contributed by atoms with Gasteiger partial charge >= 0.3 is 0 Å². The standard InChI is InChI=1S/C19H20FN5O4S/c1-11-16(18(26)23-12-6-13(8-21)22-15(20)7-12)25-5-3-4-14(25)17(11)30(27,28)24-19(2)9-29-10-19/h6-7,24H,3-5,9-10H2,1-2H3,(H,22,23,26). The number of nitriles is 1. The zero-order valence-electron chi connectivity index (χ0n) is 16.5. The van der Waals surface area contributed by atoms with Crippen molar-refractivity contribution in [2.24, 2.45) is 0 Å². The van der Waals surface area contributed by atoms with Crippen LogP contribution in [-0.4, -0.2) is 42.6 Å². The SMILES string of the molecule is Cc1c(S(=O)(=O)NC2(C)COC2)c2n(c1C(=O)Nc1cc(F)nc(C#N)c1)CCC2. The van der Waals surface area contributed by atoms with Gasteiger partial charge in [0.2, 0.25) is 16.0 Å². The molecule has 0 radical (unpaired) electrons. The van der Waals surface area contributed by atoms with Crippen molar-refractivity contribution in [3.05, 3.63) is 40.7 Å². The first kappa shape index (κ1) is 20.5. The fourth-order valence-corrected chi connectivity index (χ4v) is 5.88. The first-order chi connectivity index (χ1) is 14.1. The van der Waals surface area contributed by atoms with Crippen LogP contribution in [0.2, 0.25) is 0 Å². The fraction of sp³-hybridized carbons (Fsp3) is 0.421. The molecule has 0 unspecified atom stereocenters. The van der Waals surface area contributed by atoms with Crippen LogP contribution >= 0.6 is 0 Å². The summed E-state index contributed by atoms with van der Waals surface area (Å²) in [4.78, 5) is 16.5. The van der Waals surface area contributed by atoms with Crippen molar-refractivity contribution in [1.82, 2.24) is 14.3 Å². The lowest BCUT2D eigenvalue weighted by molar-refractivity contribution is -0.0523. The highest BCUT2D eigenvalue weighted by atomic mass is 32.2. The molecule has 2 aliphatic rings. The Hall–Kier alpha value is -2.81. The highest BCUT2D eigenvalue weighted by Gasteiger charge is 2.41. The second-order valence-corrected chi connectivity index (χ2v) is 9.41. The predicted octanol–water partition coefficient (Wildman–Crippen LogP) is 1.47. The second-order valence-electron chi connectivity index (χ2n) is 7.79. The number of ether oxygens (including phenoxy) is 1. The number of hydrogen-bond acceptors (Lipinski definition) is 6. The van der Waals surface area contributed by atoms with E-state index in [4.69, 9.17) is 10.00 Å². The van der Waals surface area contributed by atoms with Gasteiger partial charge in [0.1, 0.15) is 22.4 Å². The van der Waals surface area contributed by atoms with Crippen molar-refractivity contribution in [3.63, 3.8) is 0 Å². The average Bonchev–Trinajstić information content (AvgIpc) is 3.18. The molecule has 9 nitrogen and oxygen atoms in total. The number of nitrogens with one attached hydrogen (secondary N) is 2. The van der Waals surface area contributed by atoms with Gasteiger partial charge < -0.3 is 14.6 Å². The molecule has 2 aromatic heterocycles. The highest BCUT2D eigenvalue weighted by Crippen LogP contribution is 2.34. The van der Waals surface area contributed by atoms with Gasteiger partial charge in [0, 0.05) is 29.6 Å². The number of halogens is 1. The molecule has 2 aromatic rings. The van der Waals surface area contributed by atoms with E-state index in [9.17, 15) is 17.6 Å². The molecule has 4 heterocycles. The Morgan fingerprint density at radius 3 is 2.77 bits per heavy atom. The van der Waals surface area contributed by atoms with E-state index in [-0.39, 0.29) is 35.2 Å². The summed E-state index contributed by atoms with van der Waals surface area (Å²) in [6, 6.07) is 3.97. The van der Waals surface area contributed by atoms with Gasteiger partial charge in [0.15, 0.2) is 0 Å². The molecule has 1 saturated heterocycles. The number of aromatic nitrogens is 2. The number of rotatable bonds is 5. The third-order valence-electron chi connectivity index (χ3n) is 5.22. The molecule has 0 saturated carbocycles. The smallest absolute Gasteiger partial charge is 0.272 e. The molecular weight excluding hydrogens is 413 g/mol. The van der Waals surface area contributed by atoms with Gasteiger partial charge in [-0.05, 0) is 32.8 Å². The maximum absolute atomic E-state index is 13.6. The van der Waals surface area contributed by atoms with Crippen molar-refractivity contribution in [2.45, 2.75) is 43.7 Å². The predicted molar refractivity (Wildman–Crippen MR) is 104 cm³/mol. The maximum atomic E-state index is 13.6. The molecule has 0 aromatic carbocycles. The number of sulfonamides is 1. The number of nitrogens with zero attached hydrogens (tertiary/aromatic N) is 3. The third kappa shape index (κ3) is 3.47. The van der Waals surface area contributed by atoms with Crippen molar-refractivity contribution in [1.29, 1.82) is 5.26 Å². The van der Waals surface area contributed by atoms with Crippen LogP contribution in [0, 0.1) is 24.2 Å². The lowest BCUT2D eigenvalue weighted by Gasteiger charge is -2.38. The Bertz CT molecular complexity index is 1190. The summed E-state index contributed by atoms with van der Waals surface area (Å²) in [5.41, 5.74) is 0.322. The summed E-state index contributed by atoms with van der Waals surface area (Å²) in [7, 11) is -3.88. The quantitative estimate of drug-likeness (QED) is 0.688. The van der Waals surface area contributed by atoms with Gasteiger partial charge in [-0.1, -0.05) is 0 Å². The Kier molecular flexibility index (Phi) is 4.88. The molecular formula is C19H20FN5O4S. The number of carbonyl (C=O) groups excluding carboxylic acids is 1. The van der Waals surface area contributed by atoms with Gasteiger partial charge in [-0.3, -0.25) is 4.79 Å². The summed E-state index contributed by atoms with van der Waals surface area (Å²) in [5, 5.41) is 11.5. The van der Waals surface area contributed by atoms with Gasteiger partial charge in [0.05, 0.1) is 18.8 Å². The normalized spacial score (nSPS) is 17.1. The number of amides is 1. The molecule has 0 bridgehead atoms. The summed E-state index contributed by atoms with van der Waals surface area (Å²) in [5.74, 6) is -1.48. The van der Waals surface area contributed by atoms with Crippen molar-refractivity contribution in [3.8, 4) is 6.07 Å². The van der Waals surface area contributed by atoms with Crippen LogP contribution in [0.4, 0.5) is 10.1 Å². The highest BCUT2D eigenvalue weighted by molar-refractivity contribution is 7.89. The van der Waals surface area contributed by atoms with Crippen LogP contribution in [0.5, 0.6) is 0 Å². The van der Waals surface area contributed by atoms with Gasteiger partial charge in [-0.25, -0.2) is 18.1 Å². The Morgan fingerprint density at radius 1 is 1.40 bits per heavy atom. The van der Waals surface area contributed by atoms with Crippen LogP contribution in [0.3, 0.4) is 0 Å². The number of pyridine rings is 1. The lowest BCUT2D eigenvalue weighted by Crippen LogP contribution is -2.59. The summed E-state index contributed by atoms with van der Waals surface area (Å²) >= 11 is 0. The molecule has 0 aliphatic carbocycles. The zero-order valence-corrected chi connectivity index (χ0v) is 17.3.